The van der Waals surface area contributed by atoms with E-state index in [4.69, 9.17) is 0 Å². The predicted octanol–water partition coefficient (Wildman–Crippen LogP) is 0.990. The fourth-order valence-electron chi connectivity index (χ4n) is 0. The summed E-state index contributed by atoms with van der Waals surface area (Å²) >= 11 is 0. The summed E-state index contributed by atoms with van der Waals surface area (Å²) in [4.78, 5) is 0. The van der Waals surface area contributed by atoms with Gasteiger partial charge in [-0.2, -0.15) is 6.92 Å². The minimum atomic E-state index is 0. The first-order valence-corrected chi connectivity index (χ1v) is 0.854. The monoisotopic (exact) mass is 219 g/mol. The molecule has 0 aliphatic carbocycles. The Kier molecular flexibility index (Phi) is 52.9. The smallest absolute Gasteiger partial charge is 0 e. The first kappa shape index (κ1) is 15.8. The van der Waals surface area contributed by atoms with Gasteiger partial charge in [0.1, 0.15) is 0 Å². The van der Waals surface area contributed by atoms with Crippen molar-refractivity contribution in [1.82, 2.24) is 0 Å². The first-order valence-electron chi connectivity index (χ1n) is 0.854. The Balaban J connectivity index is -0.0000000200. The van der Waals surface area contributed by atoms with Crippen LogP contribution in [0.3, 0.4) is 0 Å². The van der Waals surface area contributed by atoms with Crippen molar-refractivity contribution in [2.45, 2.75) is 6.92 Å². The summed E-state index contributed by atoms with van der Waals surface area (Å²) in [6.07, 6.45) is 2.50. The summed E-state index contributed by atoms with van der Waals surface area (Å²) in [5.41, 5.74) is 0. The average molecular weight is 219 g/mol. The molecule has 0 N–H and O–H groups in total. The van der Waals surface area contributed by atoms with Crippen molar-refractivity contribution < 1.29 is 65.4 Å². The third-order valence-corrected chi connectivity index (χ3v) is 0. The maximum Gasteiger partial charge on any atom is 0 e. The molecule has 0 fully saturated rings. The quantitative estimate of drug-likeness (QED) is 0.533. The summed E-state index contributed by atoms with van der Waals surface area (Å²) in [6.45, 7) is 5.00. The summed E-state index contributed by atoms with van der Waals surface area (Å²) in [6, 6.07) is 0. The topological polar surface area (TPSA) is 0 Å². The van der Waals surface area contributed by atoms with Gasteiger partial charge in [-0.25, -0.2) is 0 Å². The van der Waals surface area contributed by atoms with Gasteiger partial charge in [0.05, 0.1) is 0 Å². The molecular formula is C3H5Y2-. The molecule has 2 radical (unpaired) electrons. The molecule has 0 atom stereocenters. The van der Waals surface area contributed by atoms with Crippen LogP contribution in [0.2, 0.25) is 0 Å². The molecule has 0 aliphatic heterocycles. The molecular weight excluding hydrogens is 214 g/mol. The molecule has 0 aromatic heterocycles. The van der Waals surface area contributed by atoms with E-state index in [9.17, 15) is 0 Å². The van der Waals surface area contributed by atoms with Crippen LogP contribution >= 0.6 is 0 Å². The summed E-state index contributed by atoms with van der Waals surface area (Å²) in [7, 11) is 0. The summed E-state index contributed by atoms with van der Waals surface area (Å²) < 4.78 is 0. The molecule has 0 bridgehead atoms. The van der Waals surface area contributed by atoms with Crippen LogP contribution in [-0.4, -0.2) is 0 Å². The molecule has 0 aliphatic rings. The van der Waals surface area contributed by atoms with Crippen molar-refractivity contribution in [1.29, 1.82) is 0 Å². The van der Waals surface area contributed by atoms with Gasteiger partial charge in [-0.3, -0.25) is 6.58 Å². The van der Waals surface area contributed by atoms with Gasteiger partial charge >= 0.3 is 0 Å². The Bertz CT molecular complexity index is 12.4. The van der Waals surface area contributed by atoms with Crippen LogP contribution in [0.25, 0.3) is 0 Å². The molecule has 0 saturated carbocycles. The second kappa shape index (κ2) is 16.8. The minimum absolute atomic E-state index is 0. The van der Waals surface area contributed by atoms with E-state index in [-0.39, 0.29) is 65.4 Å². The van der Waals surface area contributed by atoms with Crippen molar-refractivity contribution in [2.24, 2.45) is 0 Å². The second-order valence-electron chi connectivity index (χ2n) is 0.354. The molecule has 0 unspecified atom stereocenters. The Labute approximate surface area is 83.5 Å². The number of allylic oxidation sites excluding steroid dienone is 1. The van der Waals surface area contributed by atoms with Crippen LogP contribution in [-0.2, 0) is 65.4 Å². The SMILES string of the molecule is C=[C-]C.[Y].[Y]. The van der Waals surface area contributed by atoms with Crippen LogP contribution in [0.4, 0.5) is 0 Å². The van der Waals surface area contributed by atoms with Crippen molar-refractivity contribution in [3.05, 3.63) is 12.7 Å². The van der Waals surface area contributed by atoms with E-state index in [1.165, 1.54) is 0 Å². The standard InChI is InChI=1S/C3H5.2Y/c1-3-2;;/h1H2,2H3;;/q-1;;. The van der Waals surface area contributed by atoms with Crippen LogP contribution in [0.5, 0.6) is 0 Å². The molecule has 0 heterocycles. The van der Waals surface area contributed by atoms with Crippen molar-refractivity contribution >= 4 is 0 Å². The molecule has 0 saturated heterocycles. The van der Waals surface area contributed by atoms with Gasteiger partial charge in [-0.05, 0) is 0 Å². The van der Waals surface area contributed by atoms with E-state index < -0.39 is 0 Å². The largest absolute Gasteiger partial charge is 0.507 e. The predicted molar refractivity (Wildman–Crippen MR) is 14.5 cm³/mol. The fraction of sp³-hybridized carbons (Fsp3) is 0.333. The molecule has 24 valence electrons. The van der Waals surface area contributed by atoms with E-state index in [2.05, 4.69) is 12.7 Å². The summed E-state index contributed by atoms with van der Waals surface area (Å²) in [5, 5.41) is 0. The molecule has 0 amide bonds. The third-order valence-electron chi connectivity index (χ3n) is 0. The van der Waals surface area contributed by atoms with Gasteiger partial charge in [0.2, 0.25) is 0 Å². The van der Waals surface area contributed by atoms with Crippen LogP contribution in [0, 0.1) is 6.08 Å². The van der Waals surface area contributed by atoms with Gasteiger partial charge in [-0.15, -0.1) is 0 Å². The Morgan fingerprint density at radius 3 is 1.40 bits per heavy atom. The van der Waals surface area contributed by atoms with Crippen molar-refractivity contribution in [3.8, 4) is 0 Å². The zero-order chi connectivity index (χ0) is 2.71. The Hall–Kier alpha value is 1.95. The van der Waals surface area contributed by atoms with Gasteiger partial charge in [0.25, 0.3) is 0 Å². The second-order valence-corrected chi connectivity index (χ2v) is 0.354. The van der Waals surface area contributed by atoms with E-state index in [1.54, 1.807) is 6.92 Å². The maximum atomic E-state index is 3.24. The fourth-order valence-corrected chi connectivity index (χ4v) is 0. The van der Waals surface area contributed by atoms with E-state index in [1.807, 2.05) is 0 Å². The maximum absolute atomic E-state index is 3.24. The minimum Gasteiger partial charge on any atom is -0.507 e. The molecule has 0 rings (SSSR count). The van der Waals surface area contributed by atoms with Crippen molar-refractivity contribution in [3.63, 3.8) is 0 Å². The third kappa shape index (κ3) is 24.4. The van der Waals surface area contributed by atoms with Crippen molar-refractivity contribution in [2.75, 3.05) is 0 Å². The van der Waals surface area contributed by atoms with Gasteiger partial charge in [-0.1, -0.05) is 0 Å². The summed E-state index contributed by atoms with van der Waals surface area (Å²) in [5.74, 6) is 0. The van der Waals surface area contributed by atoms with E-state index >= 15 is 0 Å². The molecule has 0 nitrogen and oxygen atoms in total. The van der Waals surface area contributed by atoms with Gasteiger partial charge < -0.3 is 6.08 Å². The van der Waals surface area contributed by atoms with Gasteiger partial charge in [0.15, 0.2) is 0 Å². The average Bonchev–Trinajstić information content (AvgIpc) is 0.918. The molecule has 2 heteroatoms. The molecule has 5 heavy (non-hydrogen) atoms. The molecule has 0 aromatic carbocycles. The molecule has 0 spiro atoms. The number of rotatable bonds is 0. The molecule has 0 aromatic rings. The van der Waals surface area contributed by atoms with E-state index in [0.29, 0.717) is 0 Å². The zero-order valence-electron chi connectivity index (χ0n) is 3.36. The van der Waals surface area contributed by atoms with Crippen LogP contribution in [0.15, 0.2) is 6.58 Å². The number of hydrogen-bond donors (Lipinski definition) is 0. The zero-order valence-corrected chi connectivity index (χ0v) is 9.04. The van der Waals surface area contributed by atoms with Gasteiger partial charge in [0, 0.05) is 65.4 Å². The normalized spacial score (nSPS) is 2.60. The Morgan fingerprint density at radius 2 is 1.40 bits per heavy atom. The van der Waals surface area contributed by atoms with Crippen LogP contribution < -0.4 is 0 Å². The van der Waals surface area contributed by atoms with E-state index in [0.717, 1.165) is 0 Å². The van der Waals surface area contributed by atoms with Crippen LogP contribution in [0.1, 0.15) is 6.92 Å². The Morgan fingerprint density at radius 1 is 1.40 bits per heavy atom. The first-order chi connectivity index (χ1) is 1.41. The number of hydrogen-bond acceptors (Lipinski definition) is 0.